The molecule has 5 rings (SSSR count). The Kier molecular flexibility index (Phi) is 4.87. The summed E-state index contributed by atoms with van der Waals surface area (Å²) in [4.78, 5) is 40.6. The van der Waals surface area contributed by atoms with E-state index in [1.54, 1.807) is 4.90 Å². The summed E-state index contributed by atoms with van der Waals surface area (Å²) in [6.45, 7) is 5.88. The molecule has 3 fully saturated rings. The van der Waals surface area contributed by atoms with Crippen molar-refractivity contribution >= 4 is 17.7 Å². The Bertz CT molecular complexity index is 840. The number of rotatable bonds is 3. The number of piperidine rings is 2. The van der Waals surface area contributed by atoms with Gasteiger partial charge in [0.2, 0.25) is 11.8 Å². The van der Waals surface area contributed by atoms with Crippen molar-refractivity contribution in [2.45, 2.75) is 44.8 Å². The standard InChI is InChI=1S/C22H28N4O3/c27-20-4-3-19(21(28)24-20)26-13-17-8-14(1-2-18(17)22(26)29)10-25-11-15-5-6-23-9-16(7-15)12-25/h1-2,8,15-16,19,23H,3-7,9-13H2,(H,24,27,28). The van der Waals surface area contributed by atoms with Gasteiger partial charge in [-0.2, -0.15) is 0 Å². The largest absolute Gasteiger partial charge is 0.322 e. The molecule has 0 aromatic heterocycles. The SMILES string of the molecule is O=C1CCC(N2Cc3cc(CN4CC5CCNCC(C5)C4)ccc3C2=O)C(=O)N1. The number of carbonyl (C=O) groups excluding carboxylic acids is 3. The van der Waals surface area contributed by atoms with E-state index in [0.29, 0.717) is 18.5 Å². The predicted octanol–water partition coefficient (Wildman–Crippen LogP) is 0.879. The molecular formula is C22H28N4O3. The Morgan fingerprint density at radius 1 is 1.07 bits per heavy atom. The molecule has 4 aliphatic heterocycles. The Morgan fingerprint density at radius 3 is 2.79 bits per heavy atom. The van der Waals surface area contributed by atoms with Gasteiger partial charge in [0.25, 0.3) is 5.91 Å². The Hall–Kier alpha value is -2.25. The van der Waals surface area contributed by atoms with Gasteiger partial charge >= 0.3 is 0 Å². The highest BCUT2D eigenvalue weighted by atomic mass is 16.2. The number of carbonyl (C=O) groups is 3. The highest BCUT2D eigenvalue weighted by Crippen LogP contribution is 2.30. The van der Waals surface area contributed by atoms with E-state index in [-0.39, 0.29) is 24.1 Å². The lowest BCUT2D eigenvalue weighted by molar-refractivity contribution is -0.136. The van der Waals surface area contributed by atoms with E-state index in [2.05, 4.69) is 27.7 Å². The van der Waals surface area contributed by atoms with Gasteiger partial charge in [0, 0.05) is 38.2 Å². The number of benzene rings is 1. The van der Waals surface area contributed by atoms with Gasteiger partial charge in [-0.15, -0.1) is 0 Å². The molecule has 1 aromatic carbocycles. The molecule has 0 saturated carbocycles. The highest BCUT2D eigenvalue weighted by molar-refractivity contribution is 6.05. The van der Waals surface area contributed by atoms with Crippen LogP contribution in [0.25, 0.3) is 0 Å². The van der Waals surface area contributed by atoms with Crippen molar-refractivity contribution in [1.82, 2.24) is 20.4 Å². The maximum Gasteiger partial charge on any atom is 0.255 e. The fourth-order valence-electron chi connectivity index (χ4n) is 5.51. The van der Waals surface area contributed by atoms with Crippen molar-refractivity contribution in [2.75, 3.05) is 26.2 Å². The van der Waals surface area contributed by atoms with Crippen LogP contribution in [0, 0.1) is 11.8 Å². The second-order valence-electron chi connectivity index (χ2n) is 9.05. The molecular weight excluding hydrogens is 368 g/mol. The zero-order valence-electron chi connectivity index (χ0n) is 16.7. The van der Waals surface area contributed by atoms with Gasteiger partial charge in [-0.25, -0.2) is 0 Å². The van der Waals surface area contributed by atoms with Crippen LogP contribution >= 0.6 is 0 Å². The van der Waals surface area contributed by atoms with Crippen molar-refractivity contribution in [3.05, 3.63) is 34.9 Å². The average molecular weight is 396 g/mol. The molecule has 7 nitrogen and oxygen atoms in total. The second-order valence-corrected chi connectivity index (χ2v) is 9.05. The monoisotopic (exact) mass is 396 g/mol. The lowest BCUT2D eigenvalue weighted by Gasteiger charge is -2.36. The molecule has 3 saturated heterocycles. The molecule has 0 radical (unpaired) electrons. The van der Waals surface area contributed by atoms with E-state index < -0.39 is 6.04 Å². The number of fused-ring (bicyclic) bond motifs is 3. The summed E-state index contributed by atoms with van der Waals surface area (Å²) in [5.74, 6) is 0.802. The first kappa shape index (κ1) is 18.8. The van der Waals surface area contributed by atoms with Crippen LogP contribution in [-0.4, -0.2) is 59.7 Å². The van der Waals surface area contributed by atoms with Crippen LogP contribution < -0.4 is 10.6 Å². The van der Waals surface area contributed by atoms with Crippen molar-refractivity contribution in [3.63, 3.8) is 0 Å². The fraction of sp³-hybridized carbons (Fsp3) is 0.591. The summed E-state index contributed by atoms with van der Waals surface area (Å²) in [5.41, 5.74) is 2.91. The first-order valence-corrected chi connectivity index (χ1v) is 10.8. The molecule has 0 aliphatic carbocycles. The van der Waals surface area contributed by atoms with Crippen molar-refractivity contribution in [1.29, 1.82) is 0 Å². The molecule has 2 N–H and O–H groups in total. The number of amides is 3. The third-order valence-electron chi connectivity index (χ3n) is 6.86. The lowest BCUT2D eigenvalue weighted by atomic mass is 9.88. The zero-order chi connectivity index (χ0) is 20.0. The summed E-state index contributed by atoms with van der Waals surface area (Å²) < 4.78 is 0. The maximum absolute atomic E-state index is 12.8. The Balaban J connectivity index is 1.29. The summed E-state index contributed by atoms with van der Waals surface area (Å²) in [6, 6.07) is 5.56. The van der Waals surface area contributed by atoms with E-state index in [1.807, 2.05) is 6.07 Å². The topological polar surface area (TPSA) is 81.8 Å². The fourth-order valence-corrected chi connectivity index (χ4v) is 5.51. The van der Waals surface area contributed by atoms with Crippen LogP contribution in [-0.2, 0) is 22.7 Å². The molecule has 3 atom stereocenters. The van der Waals surface area contributed by atoms with Crippen molar-refractivity contribution in [3.8, 4) is 0 Å². The first-order valence-electron chi connectivity index (χ1n) is 10.8. The molecule has 7 heteroatoms. The van der Waals surface area contributed by atoms with Gasteiger partial charge in [-0.05, 0) is 61.4 Å². The summed E-state index contributed by atoms with van der Waals surface area (Å²) in [7, 11) is 0. The lowest BCUT2D eigenvalue weighted by Crippen LogP contribution is -2.52. The number of nitrogens with zero attached hydrogens (tertiary/aromatic N) is 2. The van der Waals surface area contributed by atoms with Gasteiger partial charge in [0.1, 0.15) is 6.04 Å². The molecule has 3 unspecified atom stereocenters. The Morgan fingerprint density at radius 2 is 1.93 bits per heavy atom. The average Bonchev–Trinajstić information content (AvgIpc) is 2.90. The van der Waals surface area contributed by atoms with Gasteiger partial charge in [-0.3, -0.25) is 24.6 Å². The predicted molar refractivity (Wildman–Crippen MR) is 107 cm³/mol. The van der Waals surface area contributed by atoms with Crippen molar-refractivity contribution in [2.24, 2.45) is 11.8 Å². The molecule has 0 spiro atoms. The molecule has 29 heavy (non-hydrogen) atoms. The highest BCUT2D eigenvalue weighted by Gasteiger charge is 2.39. The third kappa shape index (κ3) is 3.69. The number of imide groups is 1. The van der Waals surface area contributed by atoms with Gasteiger partial charge in [0.05, 0.1) is 0 Å². The minimum absolute atomic E-state index is 0.101. The van der Waals surface area contributed by atoms with Crippen LogP contribution in [0.4, 0.5) is 0 Å². The van der Waals surface area contributed by atoms with E-state index in [1.165, 1.54) is 18.4 Å². The van der Waals surface area contributed by atoms with E-state index in [0.717, 1.165) is 50.1 Å². The van der Waals surface area contributed by atoms with Crippen molar-refractivity contribution < 1.29 is 14.4 Å². The second kappa shape index (κ2) is 7.54. The maximum atomic E-state index is 12.8. The van der Waals surface area contributed by atoms with Crippen LogP contribution in [0.3, 0.4) is 0 Å². The number of likely N-dealkylation sites (tertiary alicyclic amines) is 1. The minimum atomic E-state index is -0.547. The zero-order valence-corrected chi connectivity index (χ0v) is 16.7. The molecule has 1 aromatic rings. The molecule has 4 aliphatic rings. The normalized spacial score (nSPS) is 30.1. The Labute approximate surface area is 170 Å². The smallest absolute Gasteiger partial charge is 0.255 e. The first-order chi connectivity index (χ1) is 14.1. The molecule has 4 heterocycles. The van der Waals surface area contributed by atoms with Gasteiger partial charge in [0.15, 0.2) is 0 Å². The summed E-state index contributed by atoms with van der Waals surface area (Å²) in [5, 5.41) is 5.92. The van der Waals surface area contributed by atoms with E-state index in [4.69, 9.17) is 0 Å². The molecule has 3 amide bonds. The van der Waals surface area contributed by atoms with E-state index in [9.17, 15) is 14.4 Å². The number of hydrogen-bond acceptors (Lipinski definition) is 5. The van der Waals surface area contributed by atoms with Gasteiger partial charge in [-0.1, -0.05) is 12.1 Å². The minimum Gasteiger partial charge on any atom is -0.322 e. The van der Waals surface area contributed by atoms with Crippen LogP contribution in [0.2, 0.25) is 0 Å². The third-order valence-corrected chi connectivity index (χ3v) is 6.86. The van der Waals surface area contributed by atoms with Crippen LogP contribution in [0.5, 0.6) is 0 Å². The van der Waals surface area contributed by atoms with Crippen LogP contribution in [0.1, 0.15) is 47.2 Å². The van der Waals surface area contributed by atoms with E-state index >= 15 is 0 Å². The molecule has 154 valence electrons. The van der Waals surface area contributed by atoms with Gasteiger partial charge < -0.3 is 10.2 Å². The van der Waals surface area contributed by atoms with Crippen LogP contribution in [0.15, 0.2) is 18.2 Å². The molecule has 2 bridgehead atoms. The number of nitrogens with one attached hydrogen (secondary N) is 2. The quantitative estimate of drug-likeness (QED) is 0.742. The summed E-state index contributed by atoms with van der Waals surface area (Å²) in [6.07, 6.45) is 3.28. The number of hydrogen-bond donors (Lipinski definition) is 2. The summed E-state index contributed by atoms with van der Waals surface area (Å²) >= 11 is 0.